The lowest BCUT2D eigenvalue weighted by Gasteiger charge is -2.14. The Morgan fingerprint density at radius 2 is 2.08 bits per heavy atom. The number of nitrogens with zero attached hydrogens (tertiary/aromatic N) is 1. The maximum Gasteiger partial charge on any atom is 0.257 e. The lowest BCUT2D eigenvalue weighted by atomic mass is 10.1. The maximum atomic E-state index is 12.2. The number of aromatic nitrogens is 1. The number of benzene rings is 2. The summed E-state index contributed by atoms with van der Waals surface area (Å²) in [6, 6.07) is 13.1. The first-order valence-electron chi connectivity index (χ1n) is 7.86. The molecule has 6 nitrogen and oxygen atoms in total. The van der Waals surface area contributed by atoms with Gasteiger partial charge in [-0.1, -0.05) is 30.0 Å². The topological polar surface area (TPSA) is 73.6 Å². The molecule has 1 aliphatic rings. The van der Waals surface area contributed by atoms with Crippen LogP contribution in [0.3, 0.4) is 0 Å². The minimum absolute atomic E-state index is 0.0857. The number of carbonyl (C=O) groups excluding carboxylic acids is 1. The van der Waals surface area contributed by atoms with Crippen LogP contribution in [-0.4, -0.2) is 23.4 Å². The van der Waals surface area contributed by atoms with Gasteiger partial charge in [0.15, 0.2) is 17.1 Å². The van der Waals surface area contributed by atoms with Crippen LogP contribution >= 0.6 is 11.8 Å². The molecule has 2 aromatic carbocycles. The molecule has 128 valence electrons. The summed E-state index contributed by atoms with van der Waals surface area (Å²) in [4.78, 5) is 16.5. The third kappa shape index (κ3) is 3.41. The van der Waals surface area contributed by atoms with Crippen LogP contribution in [0.25, 0.3) is 11.1 Å². The first-order valence-corrected chi connectivity index (χ1v) is 8.85. The average Bonchev–Trinajstić information content (AvgIpc) is 3.25. The Bertz CT molecular complexity index is 891. The van der Waals surface area contributed by atoms with Crippen molar-refractivity contribution in [3.63, 3.8) is 0 Å². The fourth-order valence-corrected chi connectivity index (χ4v) is 3.24. The van der Waals surface area contributed by atoms with Crippen LogP contribution < -0.4 is 14.8 Å². The molecule has 4 rings (SSSR count). The summed E-state index contributed by atoms with van der Waals surface area (Å²) in [6.45, 7) is 2.17. The summed E-state index contributed by atoms with van der Waals surface area (Å²) >= 11 is 1.28. The van der Waals surface area contributed by atoms with Crippen LogP contribution in [0.1, 0.15) is 18.5 Å². The van der Waals surface area contributed by atoms with Gasteiger partial charge in [-0.15, -0.1) is 0 Å². The Balaban J connectivity index is 1.35. The SMILES string of the molecule is CC(NC(=O)CSc1nc2ccccc2o1)c1ccc2c(c1)OCO2. The highest BCUT2D eigenvalue weighted by atomic mass is 32.2. The minimum Gasteiger partial charge on any atom is -0.454 e. The molecule has 2 heterocycles. The molecule has 3 aromatic rings. The number of hydrogen-bond acceptors (Lipinski definition) is 6. The van der Waals surface area contributed by atoms with E-state index in [-0.39, 0.29) is 24.5 Å². The van der Waals surface area contributed by atoms with E-state index in [1.165, 1.54) is 11.8 Å². The number of rotatable bonds is 5. The van der Waals surface area contributed by atoms with Gasteiger partial charge in [-0.25, -0.2) is 4.98 Å². The zero-order valence-corrected chi connectivity index (χ0v) is 14.3. The molecule has 0 fully saturated rings. The molecule has 0 radical (unpaired) electrons. The molecule has 1 amide bonds. The Morgan fingerprint density at radius 3 is 2.96 bits per heavy atom. The quantitative estimate of drug-likeness (QED) is 0.705. The molecule has 1 unspecified atom stereocenters. The highest BCUT2D eigenvalue weighted by Crippen LogP contribution is 2.34. The van der Waals surface area contributed by atoms with Crippen molar-refractivity contribution in [1.82, 2.24) is 10.3 Å². The van der Waals surface area contributed by atoms with Gasteiger partial charge in [-0.2, -0.15) is 0 Å². The third-order valence-electron chi connectivity index (χ3n) is 3.88. The van der Waals surface area contributed by atoms with E-state index in [4.69, 9.17) is 13.9 Å². The second-order valence-corrected chi connectivity index (χ2v) is 6.56. The van der Waals surface area contributed by atoms with E-state index in [2.05, 4.69) is 10.3 Å². The number of carbonyl (C=O) groups is 1. The van der Waals surface area contributed by atoms with Crippen LogP contribution in [-0.2, 0) is 4.79 Å². The number of thioether (sulfide) groups is 1. The Hall–Kier alpha value is -2.67. The van der Waals surface area contributed by atoms with Crippen molar-refractivity contribution in [2.24, 2.45) is 0 Å². The van der Waals surface area contributed by atoms with Gasteiger partial charge in [0.2, 0.25) is 12.7 Å². The van der Waals surface area contributed by atoms with E-state index in [1.807, 2.05) is 49.4 Å². The molecule has 0 saturated carbocycles. The Kier molecular flexibility index (Phi) is 4.23. The fourth-order valence-electron chi connectivity index (χ4n) is 2.59. The zero-order valence-electron chi connectivity index (χ0n) is 13.5. The van der Waals surface area contributed by atoms with Gasteiger partial charge in [0.1, 0.15) is 5.52 Å². The molecule has 1 atom stereocenters. The number of hydrogen-bond donors (Lipinski definition) is 1. The van der Waals surface area contributed by atoms with Crippen molar-refractivity contribution < 1.29 is 18.7 Å². The Labute approximate surface area is 148 Å². The first kappa shape index (κ1) is 15.8. The summed E-state index contributed by atoms with van der Waals surface area (Å²) in [5.41, 5.74) is 2.47. The molecule has 0 spiro atoms. The standard InChI is InChI=1S/C18H16N2O4S/c1-11(12-6-7-15-16(8-12)23-10-22-15)19-17(21)9-25-18-20-13-4-2-3-5-14(13)24-18/h2-8,11H,9-10H2,1H3,(H,19,21). The average molecular weight is 356 g/mol. The summed E-state index contributed by atoms with van der Waals surface area (Å²) in [5, 5.41) is 3.46. The lowest BCUT2D eigenvalue weighted by Crippen LogP contribution is -2.28. The zero-order chi connectivity index (χ0) is 17.2. The molecule has 25 heavy (non-hydrogen) atoms. The van der Waals surface area contributed by atoms with Crippen molar-refractivity contribution in [3.8, 4) is 11.5 Å². The molecule has 7 heteroatoms. The first-order chi connectivity index (χ1) is 12.2. The number of fused-ring (bicyclic) bond motifs is 2. The monoisotopic (exact) mass is 356 g/mol. The molecule has 1 aromatic heterocycles. The molecular formula is C18H16N2O4S. The van der Waals surface area contributed by atoms with Crippen LogP contribution in [0, 0.1) is 0 Å². The van der Waals surface area contributed by atoms with Crippen molar-refractivity contribution in [2.45, 2.75) is 18.2 Å². The summed E-state index contributed by atoms with van der Waals surface area (Å²) < 4.78 is 16.3. The number of oxazole rings is 1. The summed E-state index contributed by atoms with van der Waals surface area (Å²) in [6.07, 6.45) is 0. The normalized spacial score (nSPS) is 13.8. The number of para-hydroxylation sites is 2. The van der Waals surface area contributed by atoms with Gasteiger partial charge in [0.05, 0.1) is 11.8 Å². The van der Waals surface area contributed by atoms with E-state index < -0.39 is 0 Å². The Morgan fingerprint density at radius 1 is 1.24 bits per heavy atom. The van der Waals surface area contributed by atoms with Crippen LogP contribution in [0.2, 0.25) is 0 Å². The predicted octanol–water partition coefficient (Wildman–Crippen LogP) is 3.53. The lowest BCUT2D eigenvalue weighted by molar-refractivity contribution is -0.119. The van der Waals surface area contributed by atoms with Gasteiger partial charge >= 0.3 is 0 Å². The van der Waals surface area contributed by atoms with Gasteiger partial charge in [-0.3, -0.25) is 4.79 Å². The van der Waals surface area contributed by atoms with Gasteiger partial charge < -0.3 is 19.2 Å². The van der Waals surface area contributed by atoms with E-state index in [0.717, 1.165) is 22.4 Å². The van der Waals surface area contributed by atoms with Crippen molar-refractivity contribution in [1.29, 1.82) is 0 Å². The van der Waals surface area contributed by atoms with E-state index in [0.29, 0.717) is 11.0 Å². The number of ether oxygens (including phenoxy) is 2. The highest BCUT2D eigenvalue weighted by molar-refractivity contribution is 7.99. The molecule has 0 aliphatic carbocycles. The molecule has 1 N–H and O–H groups in total. The van der Waals surface area contributed by atoms with E-state index >= 15 is 0 Å². The summed E-state index contributed by atoms with van der Waals surface area (Å²) in [7, 11) is 0. The molecule has 1 aliphatic heterocycles. The number of amides is 1. The van der Waals surface area contributed by atoms with Gasteiger partial charge in [-0.05, 0) is 36.8 Å². The van der Waals surface area contributed by atoms with Crippen LogP contribution in [0.15, 0.2) is 52.1 Å². The second-order valence-electron chi connectivity index (χ2n) is 5.64. The maximum absolute atomic E-state index is 12.2. The fraction of sp³-hybridized carbons (Fsp3) is 0.222. The van der Waals surface area contributed by atoms with Crippen molar-refractivity contribution in [2.75, 3.05) is 12.5 Å². The van der Waals surface area contributed by atoms with Crippen LogP contribution in [0.5, 0.6) is 11.5 Å². The van der Waals surface area contributed by atoms with Crippen molar-refractivity contribution >= 4 is 28.8 Å². The second kappa shape index (κ2) is 6.68. The minimum atomic E-state index is -0.133. The van der Waals surface area contributed by atoms with Gasteiger partial charge in [0.25, 0.3) is 5.22 Å². The smallest absolute Gasteiger partial charge is 0.257 e. The number of nitrogens with one attached hydrogen (secondary N) is 1. The molecule has 0 saturated heterocycles. The van der Waals surface area contributed by atoms with E-state index in [9.17, 15) is 4.79 Å². The molecular weight excluding hydrogens is 340 g/mol. The van der Waals surface area contributed by atoms with E-state index in [1.54, 1.807) is 0 Å². The largest absolute Gasteiger partial charge is 0.454 e. The van der Waals surface area contributed by atoms with Crippen LogP contribution in [0.4, 0.5) is 0 Å². The van der Waals surface area contributed by atoms with Gasteiger partial charge in [0, 0.05) is 0 Å². The molecule has 0 bridgehead atoms. The predicted molar refractivity (Wildman–Crippen MR) is 93.9 cm³/mol. The summed E-state index contributed by atoms with van der Waals surface area (Å²) in [5.74, 6) is 1.59. The third-order valence-corrected chi connectivity index (χ3v) is 4.70. The highest BCUT2D eigenvalue weighted by Gasteiger charge is 2.17. The van der Waals surface area contributed by atoms with Crippen molar-refractivity contribution in [3.05, 3.63) is 48.0 Å².